The Bertz CT molecular complexity index is 1410. The van der Waals surface area contributed by atoms with Crippen molar-refractivity contribution in [3.05, 3.63) is 66.7 Å². The molecule has 2 aromatic heterocycles. The van der Waals surface area contributed by atoms with E-state index in [1.165, 1.54) is 0 Å². The first-order valence-corrected chi connectivity index (χ1v) is 9.99. The number of anilines is 2. The molecule has 0 fully saturated rings. The van der Waals surface area contributed by atoms with Crippen LogP contribution in [0.1, 0.15) is 0 Å². The normalized spacial score (nSPS) is 11.0. The SMILES string of the molecule is COc1ccc(-c2nnc3c4ccccc4c(Nc4ccc(OC)c(OC)c4)nn23)cc1. The number of nitrogens with zero attached hydrogens (tertiary/aromatic N) is 4. The summed E-state index contributed by atoms with van der Waals surface area (Å²) in [4.78, 5) is 0. The second kappa shape index (κ2) is 8.07. The van der Waals surface area contributed by atoms with Crippen LogP contribution >= 0.6 is 0 Å². The molecule has 5 aromatic rings. The number of hydrogen-bond donors (Lipinski definition) is 1. The van der Waals surface area contributed by atoms with Gasteiger partial charge in [-0.1, -0.05) is 24.3 Å². The fourth-order valence-corrected chi connectivity index (χ4v) is 3.64. The van der Waals surface area contributed by atoms with Crippen LogP contribution in [0.4, 0.5) is 11.5 Å². The molecule has 0 bridgehead atoms. The molecule has 2 heterocycles. The molecule has 0 unspecified atom stereocenters. The van der Waals surface area contributed by atoms with E-state index in [9.17, 15) is 0 Å². The Kier molecular flexibility index (Phi) is 4.95. The summed E-state index contributed by atoms with van der Waals surface area (Å²) in [5.74, 6) is 3.38. The lowest BCUT2D eigenvalue weighted by Crippen LogP contribution is -2.03. The fourth-order valence-electron chi connectivity index (χ4n) is 3.64. The minimum atomic E-state index is 0.631. The Labute approximate surface area is 184 Å². The number of ether oxygens (including phenoxy) is 3. The number of rotatable bonds is 6. The topological polar surface area (TPSA) is 82.8 Å². The van der Waals surface area contributed by atoms with Crippen molar-refractivity contribution in [1.82, 2.24) is 19.8 Å². The van der Waals surface area contributed by atoms with E-state index in [4.69, 9.17) is 19.3 Å². The van der Waals surface area contributed by atoms with Crippen LogP contribution in [-0.4, -0.2) is 41.1 Å². The number of fused-ring (bicyclic) bond motifs is 3. The lowest BCUT2D eigenvalue weighted by molar-refractivity contribution is 0.355. The maximum atomic E-state index is 5.43. The van der Waals surface area contributed by atoms with Crippen LogP contribution < -0.4 is 19.5 Å². The maximum absolute atomic E-state index is 5.43. The number of nitrogens with one attached hydrogen (secondary N) is 1. The Balaban J connectivity index is 1.66. The van der Waals surface area contributed by atoms with E-state index in [0.717, 1.165) is 27.8 Å². The van der Waals surface area contributed by atoms with Crippen LogP contribution in [0.2, 0.25) is 0 Å². The highest BCUT2D eigenvalue weighted by atomic mass is 16.5. The molecule has 0 aliphatic carbocycles. The van der Waals surface area contributed by atoms with Crippen molar-refractivity contribution in [1.29, 1.82) is 0 Å². The van der Waals surface area contributed by atoms with Crippen molar-refractivity contribution >= 4 is 27.9 Å². The first kappa shape index (κ1) is 19.6. The molecule has 0 spiro atoms. The largest absolute Gasteiger partial charge is 0.497 e. The Morgan fingerprint density at radius 3 is 2.22 bits per heavy atom. The van der Waals surface area contributed by atoms with E-state index in [-0.39, 0.29) is 0 Å². The van der Waals surface area contributed by atoms with E-state index >= 15 is 0 Å². The lowest BCUT2D eigenvalue weighted by atomic mass is 10.1. The third-order valence-electron chi connectivity index (χ3n) is 5.26. The summed E-state index contributed by atoms with van der Waals surface area (Å²) < 4.78 is 17.8. The van der Waals surface area contributed by atoms with Gasteiger partial charge in [-0.25, -0.2) is 0 Å². The summed E-state index contributed by atoms with van der Waals surface area (Å²) >= 11 is 0. The molecular formula is C24H21N5O3. The van der Waals surface area contributed by atoms with Gasteiger partial charge in [0.2, 0.25) is 0 Å². The van der Waals surface area contributed by atoms with Crippen LogP contribution in [0.3, 0.4) is 0 Å². The molecule has 0 radical (unpaired) electrons. The average Bonchev–Trinajstić information content (AvgIpc) is 3.28. The second-order valence-corrected chi connectivity index (χ2v) is 7.08. The molecule has 0 aliphatic rings. The van der Waals surface area contributed by atoms with Gasteiger partial charge in [-0.2, -0.15) is 4.52 Å². The molecule has 8 heteroatoms. The highest BCUT2D eigenvalue weighted by Crippen LogP contribution is 2.33. The molecule has 160 valence electrons. The molecule has 0 saturated heterocycles. The van der Waals surface area contributed by atoms with Gasteiger partial charge < -0.3 is 19.5 Å². The van der Waals surface area contributed by atoms with Gasteiger partial charge in [-0.15, -0.1) is 15.3 Å². The third kappa shape index (κ3) is 3.31. The zero-order valence-corrected chi connectivity index (χ0v) is 17.9. The summed E-state index contributed by atoms with van der Waals surface area (Å²) in [6, 6.07) is 21.3. The van der Waals surface area contributed by atoms with E-state index < -0.39 is 0 Å². The minimum Gasteiger partial charge on any atom is -0.497 e. The third-order valence-corrected chi connectivity index (χ3v) is 5.26. The van der Waals surface area contributed by atoms with E-state index in [0.29, 0.717) is 28.8 Å². The molecule has 8 nitrogen and oxygen atoms in total. The van der Waals surface area contributed by atoms with Crippen molar-refractivity contribution < 1.29 is 14.2 Å². The summed E-state index contributed by atoms with van der Waals surface area (Å²) in [6.07, 6.45) is 0. The monoisotopic (exact) mass is 427 g/mol. The molecule has 1 N–H and O–H groups in total. The van der Waals surface area contributed by atoms with Gasteiger partial charge in [0.15, 0.2) is 28.8 Å². The molecular weight excluding hydrogens is 406 g/mol. The summed E-state index contributed by atoms with van der Waals surface area (Å²) in [5, 5.41) is 19.0. The standard InChI is InChI=1S/C24H21N5O3/c1-30-17-11-8-15(9-12-17)23-26-27-24-19-7-5-4-6-18(19)22(28-29(23)24)25-16-10-13-20(31-2)21(14-16)32-3/h4-14H,1-3H3,(H,25,28). The molecule has 0 amide bonds. The molecule has 0 aliphatic heterocycles. The zero-order chi connectivity index (χ0) is 22.1. The fraction of sp³-hybridized carbons (Fsp3) is 0.125. The molecule has 0 saturated carbocycles. The van der Waals surface area contributed by atoms with E-state index in [2.05, 4.69) is 15.5 Å². The van der Waals surface area contributed by atoms with Gasteiger partial charge in [0.05, 0.1) is 21.3 Å². The predicted octanol–water partition coefficient (Wildman–Crippen LogP) is 4.71. The van der Waals surface area contributed by atoms with Crippen LogP contribution in [-0.2, 0) is 0 Å². The second-order valence-electron chi connectivity index (χ2n) is 7.08. The summed E-state index contributed by atoms with van der Waals surface area (Å²) in [7, 11) is 4.86. The van der Waals surface area contributed by atoms with Crippen molar-refractivity contribution in [2.75, 3.05) is 26.6 Å². The number of benzene rings is 3. The number of methoxy groups -OCH3 is 3. The number of aromatic nitrogens is 4. The number of hydrogen-bond acceptors (Lipinski definition) is 7. The maximum Gasteiger partial charge on any atom is 0.186 e. The van der Waals surface area contributed by atoms with Gasteiger partial charge in [-0.3, -0.25) is 0 Å². The van der Waals surface area contributed by atoms with Gasteiger partial charge in [-0.05, 0) is 36.4 Å². The highest BCUT2D eigenvalue weighted by Gasteiger charge is 2.16. The Morgan fingerprint density at radius 2 is 1.50 bits per heavy atom. The lowest BCUT2D eigenvalue weighted by Gasteiger charge is -2.13. The van der Waals surface area contributed by atoms with Crippen molar-refractivity contribution in [3.8, 4) is 28.6 Å². The van der Waals surface area contributed by atoms with Crippen molar-refractivity contribution in [3.63, 3.8) is 0 Å². The van der Waals surface area contributed by atoms with Gasteiger partial charge in [0.1, 0.15) is 5.75 Å². The Morgan fingerprint density at radius 1 is 0.750 bits per heavy atom. The van der Waals surface area contributed by atoms with Gasteiger partial charge in [0, 0.05) is 28.1 Å². The quantitative estimate of drug-likeness (QED) is 0.420. The van der Waals surface area contributed by atoms with Gasteiger partial charge in [0.25, 0.3) is 0 Å². The van der Waals surface area contributed by atoms with Crippen LogP contribution in [0, 0.1) is 0 Å². The molecule has 3 aromatic carbocycles. The molecule has 32 heavy (non-hydrogen) atoms. The predicted molar refractivity (Wildman–Crippen MR) is 123 cm³/mol. The van der Waals surface area contributed by atoms with E-state index in [1.54, 1.807) is 25.8 Å². The first-order chi connectivity index (χ1) is 15.7. The van der Waals surface area contributed by atoms with Crippen LogP contribution in [0.15, 0.2) is 66.7 Å². The van der Waals surface area contributed by atoms with Crippen molar-refractivity contribution in [2.45, 2.75) is 0 Å². The average molecular weight is 427 g/mol. The van der Waals surface area contributed by atoms with Crippen LogP contribution in [0.5, 0.6) is 17.2 Å². The van der Waals surface area contributed by atoms with Crippen molar-refractivity contribution in [2.24, 2.45) is 0 Å². The molecule has 0 atom stereocenters. The van der Waals surface area contributed by atoms with E-state index in [1.807, 2.05) is 66.7 Å². The Hall–Kier alpha value is -4.33. The van der Waals surface area contributed by atoms with Gasteiger partial charge >= 0.3 is 0 Å². The minimum absolute atomic E-state index is 0.631. The molecule has 5 rings (SSSR count). The first-order valence-electron chi connectivity index (χ1n) is 9.99. The highest BCUT2D eigenvalue weighted by molar-refractivity contribution is 6.01. The summed E-state index contributed by atoms with van der Waals surface area (Å²) in [6.45, 7) is 0. The van der Waals surface area contributed by atoms with Crippen LogP contribution in [0.25, 0.3) is 27.8 Å². The smallest absolute Gasteiger partial charge is 0.186 e. The summed E-state index contributed by atoms with van der Waals surface area (Å²) in [5.41, 5.74) is 2.39. The zero-order valence-electron chi connectivity index (χ0n) is 17.9.